The lowest BCUT2D eigenvalue weighted by Crippen LogP contribution is -2.29. The monoisotopic (exact) mass is 293 g/mol. The Hall–Kier alpha value is -1.95. The van der Waals surface area contributed by atoms with Gasteiger partial charge in [-0.15, -0.1) is 0 Å². The van der Waals surface area contributed by atoms with Crippen molar-refractivity contribution in [1.29, 1.82) is 0 Å². The summed E-state index contributed by atoms with van der Waals surface area (Å²) < 4.78 is 24.6. The van der Waals surface area contributed by atoms with Gasteiger partial charge in [0, 0.05) is 6.61 Å². The Morgan fingerprint density at radius 1 is 1.29 bits per heavy atom. The van der Waals surface area contributed by atoms with Crippen molar-refractivity contribution in [2.75, 3.05) is 12.3 Å². The number of nitrogens with zero attached hydrogens (tertiary/aromatic N) is 2. The second kappa shape index (κ2) is 6.22. The molecular formula is C15H20FN3O2. The second-order valence-corrected chi connectivity index (χ2v) is 4.76. The number of ether oxygens (including phenoxy) is 1. The minimum Gasteiger partial charge on any atom is -0.396 e. The highest BCUT2D eigenvalue weighted by molar-refractivity contribution is 5.70. The Morgan fingerprint density at radius 2 is 2.00 bits per heavy atom. The third-order valence-electron chi connectivity index (χ3n) is 3.68. The van der Waals surface area contributed by atoms with Gasteiger partial charge in [0.2, 0.25) is 5.82 Å². The molecule has 0 amide bonds. The maximum absolute atomic E-state index is 13.5. The highest BCUT2D eigenvalue weighted by atomic mass is 19.1. The molecule has 21 heavy (non-hydrogen) atoms. The number of para-hydroxylation sites is 1. The largest absolute Gasteiger partial charge is 0.396 e. The molecule has 0 saturated carbocycles. The van der Waals surface area contributed by atoms with E-state index in [-0.39, 0.29) is 11.6 Å². The number of nitrogen functional groups attached to an aromatic ring is 1. The lowest BCUT2D eigenvalue weighted by molar-refractivity contribution is -0.0583. The minimum atomic E-state index is -0.585. The first-order chi connectivity index (χ1) is 10.1. The molecule has 2 N–H and O–H groups in total. The van der Waals surface area contributed by atoms with Gasteiger partial charge in [-0.1, -0.05) is 25.1 Å². The summed E-state index contributed by atoms with van der Waals surface area (Å²) in [6.45, 7) is 6.48. The Bertz CT molecular complexity index is 609. The van der Waals surface area contributed by atoms with E-state index < -0.39 is 11.4 Å². The molecule has 1 heterocycles. The molecule has 0 unspecified atom stereocenters. The van der Waals surface area contributed by atoms with E-state index in [1.165, 1.54) is 6.07 Å². The van der Waals surface area contributed by atoms with Crippen LogP contribution in [0.15, 0.2) is 22.7 Å². The maximum atomic E-state index is 13.5. The molecule has 1 aromatic heterocycles. The Morgan fingerprint density at radius 3 is 2.62 bits per heavy atom. The molecule has 114 valence electrons. The van der Waals surface area contributed by atoms with Crippen LogP contribution in [-0.4, -0.2) is 16.7 Å². The van der Waals surface area contributed by atoms with Crippen LogP contribution in [0.3, 0.4) is 0 Å². The summed E-state index contributed by atoms with van der Waals surface area (Å²) >= 11 is 0. The topological polar surface area (TPSA) is 74.2 Å². The van der Waals surface area contributed by atoms with Crippen LogP contribution in [-0.2, 0) is 10.3 Å². The third kappa shape index (κ3) is 2.76. The van der Waals surface area contributed by atoms with E-state index in [1.54, 1.807) is 12.1 Å². The van der Waals surface area contributed by atoms with E-state index in [0.717, 1.165) is 12.8 Å². The Balaban J connectivity index is 2.43. The van der Waals surface area contributed by atoms with Crippen molar-refractivity contribution in [1.82, 2.24) is 10.1 Å². The van der Waals surface area contributed by atoms with E-state index in [4.69, 9.17) is 15.0 Å². The number of hydrogen-bond acceptors (Lipinski definition) is 5. The average molecular weight is 293 g/mol. The number of anilines is 1. The van der Waals surface area contributed by atoms with Gasteiger partial charge in [-0.05, 0) is 31.9 Å². The molecule has 6 heteroatoms. The summed E-state index contributed by atoms with van der Waals surface area (Å²) in [6.07, 6.45) is 1.43. The fraction of sp³-hybridized carbons (Fsp3) is 0.467. The van der Waals surface area contributed by atoms with Crippen molar-refractivity contribution in [3.63, 3.8) is 0 Å². The van der Waals surface area contributed by atoms with Crippen LogP contribution in [0.2, 0.25) is 0 Å². The van der Waals surface area contributed by atoms with E-state index >= 15 is 0 Å². The summed E-state index contributed by atoms with van der Waals surface area (Å²) in [7, 11) is 0. The number of aromatic nitrogens is 2. The molecule has 0 atom stereocenters. The summed E-state index contributed by atoms with van der Waals surface area (Å²) in [6, 6.07) is 4.50. The van der Waals surface area contributed by atoms with Gasteiger partial charge >= 0.3 is 0 Å². The van der Waals surface area contributed by atoms with Crippen molar-refractivity contribution < 1.29 is 13.7 Å². The predicted octanol–water partition coefficient (Wildman–Crippen LogP) is 3.51. The van der Waals surface area contributed by atoms with E-state index in [1.807, 2.05) is 20.8 Å². The summed E-state index contributed by atoms with van der Waals surface area (Å²) in [5, 5.41) is 4.01. The van der Waals surface area contributed by atoms with Gasteiger partial charge in [0.05, 0.1) is 11.3 Å². The number of hydrogen-bond donors (Lipinski definition) is 1. The first-order valence-electron chi connectivity index (χ1n) is 7.10. The van der Waals surface area contributed by atoms with Crippen molar-refractivity contribution >= 4 is 5.69 Å². The number of benzene rings is 1. The molecule has 5 nitrogen and oxygen atoms in total. The molecule has 0 bridgehead atoms. The fourth-order valence-electron chi connectivity index (χ4n) is 2.35. The van der Waals surface area contributed by atoms with Gasteiger partial charge < -0.3 is 15.0 Å². The zero-order valence-electron chi connectivity index (χ0n) is 12.5. The molecular weight excluding hydrogens is 273 g/mol. The van der Waals surface area contributed by atoms with Gasteiger partial charge in [0.25, 0.3) is 5.89 Å². The molecule has 0 spiro atoms. The van der Waals surface area contributed by atoms with Crippen molar-refractivity contribution in [3.05, 3.63) is 29.8 Å². The molecule has 0 saturated heterocycles. The highest BCUT2D eigenvalue weighted by Crippen LogP contribution is 2.33. The molecule has 2 aromatic rings. The minimum absolute atomic E-state index is 0.00251. The third-order valence-corrected chi connectivity index (χ3v) is 3.68. The summed E-state index contributed by atoms with van der Waals surface area (Å²) in [4.78, 5) is 4.37. The van der Waals surface area contributed by atoms with E-state index in [9.17, 15) is 4.39 Å². The average Bonchev–Trinajstić information content (AvgIpc) is 2.98. The number of halogens is 1. The van der Waals surface area contributed by atoms with Crippen LogP contribution < -0.4 is 5.73 Å². The fourth-order valence-corrected chi connectivity index (χ4v) is 2.35. The van der Waals surface area contributed by atoms with Gasteiger partial charge in [0.1, 0.15) is 11.4 Å². The molecule has 1 aromatic carbocycles. The lowest BCUT2D eigenvalue weighted by atomic mass is 9.96. The Kier molecular flexibility index (Phi) is 4.57. The molecule has 0 aliphatic carbocycles. The normalized spacial score (nSPS) is 11.8. The van der Waals surface area contributed by atoms with Gasteiger partial charge in [-0.3, -0.25) is 0 Å². The van der Waals surface area contributed by atoms with Crippen LogP contribution in [0.5, 0.6) is 0 Å². The number of rotatable bonds is 6. The summed E-state index contributed by atoms with van der Waals surface area (Å²) in [5.41, 5.74) is 5.54. The predicted molar refractivity (Wildman–Crippen MR) is 78.0 cm³/mol. The van der Waals surface area contributed by atoms with Crippen LogP contribution in [0.4, 0.5) is 10.1 Å². The number of nitrogens with two attached hydrogens (primary N) is 1. The molecule has 0 fully saturated rings. The van der Waals surface area contributed by atoms with Crippen molar-refractivity contribution in [2.45, 2.75) is 39.2 Å². The highest BCUT2D eigenvalue weighted by Gasteiger charge is 2.34. The molecule has 0 aliphatic heterocycles. The first kappa shape index (κ1) is 15.4. The van der Waals surface area contributed by atoms with Crippen molar-refractivity contribution in [3.8, 4) is 11.5 Å². The lowest BCUT2D eigenvalue weighted by Gasteiger charge is -2.27. The molecule has 0 radical (unpaired) electrons. The standard InChI is InChI=1S/C15H20FN3O2/c1-4-15(5-2,20-6-3)14-18-13(21-19-14)10-8-7-9-11(16)12(10)17/h7-9H,4-6,17H2,1-3H3. The molecule has 2 rings (SSSR count). The SMILES string of the molecule is CCOC(CC)(CC)c1noc(-c2cccc(F)c2N)n1. The zero-order valence-corrected chi connectivity index (χ0v) is 12.5. The molecule has 0 aliphatic rings. The zero-order chi connectivity index (χ0) is 15.5. The first-order valence-corrected chi connectivity index (χ1v) is 7.10. The van der Waals surface area contributed by atoms with E-state index in [0.29, 0.717) is 18.0 Å². The second-order valence-electron chi connectivity index (χ2n) is 4.76. The quantitative estimate of drug-likeness (QED) is 0.825. The van der Waals surface area contributed by atoms with Crippen LogP contribution in [0, 0.1) is 5.82 Å². The summed E-state index contributed by atoms with van der Waals surface area (Å²) in [5.74, 6) is 0.162. The van der Waals surface area contributed by atoms with Crippen LogP contribution >= 0.6 is 0 Å². The van der Waals surface area contributed by atoms with Crippen LogP contribution in [0.1, 0.15) is 39.4 Å². The van der Waals surface area contributed by atoms with Gasteiger partial charge in [-0.2, -0.15) is 4.98 Å². The van der Waals surface area contributed by atoms with Gasteiger partial charge in [0.15, 0.2) is 0 Å². The van der Waals surface area contributed by atoms with Gasteiger partial charge in [-0.25, -0.2) is 4.39 Å². The smallest absolute Gasteiger partial charge is 0.260 e. The van der Waals surface area contributed by atoms with Crippen molar-refractivity contribution in [2.24, 2.45) is 0 Å². The van der Waals surface area contributed by atoms with E-state index in [2.05, 4.69) is 10.1 Å². The Labute approximate surface area is 123 Å². The van der Waals surface area contributed by atoms with Crippen LogP contribution in [0.25, 0.3) is 11.5 Å². The maximum Gasteiger partial charge on any atom is 0.260 e.